The van der Waals surface area contributed by atoms with Crippen LogP contribution in [0.15, 0.2) is 48.7 Å². The van der Waals surface area contributed by atoms with Crippen LogP contribution in [0.2, 0.25) is 0 Å². The molecule has 136 valence electrons. The van der Waals surface area contributed by atoms with Gasteiger partial charge in [0.1, 0.15) is 12.4 Å². The van der Waals surface area contributed by atoms with Crippen molar-refractivity contribution in [2.75, 3.05) is 13.2 Å². The van der Waals surface area contributed by atoms with Crippen LogP contribution in [-0.4, -0.2) is 29.0 Å². The van der Waals surface area contributed by atoms with Gasteiger partial charge in [0.2, 0.25) is 0 Å². The Kier molecular flexibility index (Phi) is 5.41. The van der Waals surface area contributed by atoms with Crippen molar-refractivity contribution in [2.45, 2.75) is 19.9 Å². The maximum Gasteiger partial charge on any atom is 0.315 e. The second-order valence-electron chi connectivity index (χ2n) is 6.29. The number of nitrogens with one attached hydrogen (secondary N) is 2. The number of benzene rings is 2. The maximum atomic E-state index is 12.0. The van der Waals surface area contributed by atoms with Gasteiger partial charge < -0.3 is 15.4 Å². The highest BCUT2D eigenvalue weighted by atomic mass is 16.5. The van der Waals surface area contributed by atoms with Crippen molar-refractivity contribution < 1.29 is 9.53 Å². The Hall–Kier alpha value is -3.02. The summed E-state index contributed by atoms with van der Waals surface area (Å²) in [4.78, 5) is 12.0. The van der Waals surface area contributed by atoms with E-state index in [1.807, 2.05) is 51.2 Å². The number of rotatable bonds is 6. The van der Waals surface area contributed by atoms with E-state index in [1.54, 1.807) is 10.9 Å². The highest BCUT2D eigenvalue weighted by Gasteiger charge is 2.14. The van der Waals surface area contributed by atoms with Gasteiger partial charge in [-0.3, -0.25) is 4.68 Å². The summed E-state index contributed by atoms with van der Waals surface area (Å²) >= 11 is 0. The van der Waals surface area contributed by atoms with E-state index in [1.165, 1.54) is 5.39 Å². The van der Waals surface area contributed by atoms with E-state index >= 15 is 0 Å². The number of nitrogens with zero attached hydrogens (tertiary/aromatic N) is 2. The Morgan fingerprint density at radius 1 is 1.23 bits per heavy atom. The monoisotopic (exact) mass is 352 g/mol. The van der Waals surface area contributed by atoms with E-state index in [-0.39, 0.29) is 12.1 Å². The van der Waals surface area contributed by atoms with Crippen molar-refractivity contribution in [1.82, 2.24) is 20.4 Å². The molecule has 0 spiro atoms. The van der Waals surface area contributed by atoms with E-state index < -0.39 is 0 Å². The molecule has 0 saturated carbocycles. The molecule has 0 radical (unpaired) electrons. The fourth-order valence-corrected chi connectivity index (χ4v) is 2.86. The number of hydrogen-bond acceptors (Lipinski definition) is 3. The SMILES string of the molecule is Cc1c([C@H](C)NC(=O)NCCOc2ccc3ccccc3c2)cnn1C. The predicted octanol–water partition coefficient (Wildman–Crippen LogP) is 3.32. The second kappa shape index (κ2) is 7.91. The van der Waals surface area contributed by atoms with E-state index in [0.717, 1.165) is 22.4 Å². The lowest BCUT2D eigenvalue weighted by atomic mass is 10.1. The average molecular weight is 352 g/mol. The summed E-state index contributed by atoms with van der Waals surface area (Å²) in [5.74, 6) is 0.797. The lowest BCUT2D eigenvalue weighted by molar-refractivity contribution is 0.233. The zero-order chi connectivity index (χ0) is 18.5. The first kappa shape index (κ1) is 17.8. The van der Waals surface area contributed by atoms with Crippen molar-refractivity contribution in [1.29, 1.82) is 0 Å². The van der Waals surface area contributed by atoms with Crippen LogP contribution in [0.1, 0.15) is 24.2 Å². The van der Waals surface area contributed by atoms with Crippen LogP contribution in [0.4, 0.5) is 4.79 Å². The largest absolute Gasteiger partial charge is 0.492 e. The first-order chi connectivity index (χ1) is 12.5. The molecule has 0 bridgehead atoms. The van der Waals surface area contributed by atoms with Gasteiger partial charge in [0.25, 0.3) is 0 Å². The molecule has 2 amide bonds. The molecule has 6 nitrogen and oxygen atoms in total. The molecule has 0 unspecified atom stereocenters. The summed E-state index contributed by atoms with van der Waals surface area (Å²) in [7, 11) is 1.88. The summed E-state index contributed by atoms with van der Waals surface area (Å²) < 4.78 is 7.52. The Morgan fingerprint density at radius 3 is 2.73 bits per heavy atom. The number of fused-ring (bicyclic) bond motifs is 1. The number of carbonyl (C=O) groups is 1. The molecular formula is C20H24N4O2. The predicted molar refractivity (Wildman–Crippen MR) is 102 cm³/mol. The van der Waals surface area contributed by atoms with Crippen LogP contribution in [-0.2, 0) is 7.05 Å². The van der Waals surface area contributed by atoms with Crippen LogP contribution >= 0.6 is 0 Å². The average Bonchev–Trinajstić information content (AvgIpc) is 2.97. The molecule has 0 aliphatic carbocycles. The zero-order valence-electron chi connectivity index (χ0n) is 15.3. The van der Waals surface area contributed by atoms with Crippen LogP contribution < -0.4 is 15.4 Å². The molecule has 26 heavy (non-hydrogen) atoms. The Bertz CT molecular complexity index is 904. The molecule has 6 heteroatoms. The first-order valence-corrected chi connectivity index (χ1v) is 8.69. The van der Waals surface area contributed by atoms with Gasteiger partial charge in [-0.2, -0.15) is 5.10 Å². The maximum absolute atomic E-state index is 12.0. The zero-order valence-corrected chi connectivity index (χ0v) is 15.3. The van der Waals surface area contributed by atoms with Gasteiger partial charge in [0, 0.05) is 18.3 Å². The van der Waals surface area contributed by atoms with Crippen LogP contribution in [0, 0.1) is 6.92 Å². The fraction of sp³-hybridized carbons (Fsp3) is 0.300. The fourth-order valence-electron chi connectivity index (χ4n) is 2.86. The molecule has 2 aromatic carbocycles. The molecule has 3 rings (SSSR count). The summed E-state index contributed by atoms with van der Waals surface area (Å²) in [6.45, 7) is 4.76. The van der Waals surface area contributed by atoms with Crippen LogP contribution in [0.3, 0.4) is 0 Å². The molecule has 1 atom stereocenters. The highest BCUT2D eigenvalue weighted by Crippen LogP contribution is 2.20. The van der Waals surface area contributed by atoms with Crippen molar-refractivity contribution in [2.24, 2.45) is 7.05 Å². The van der Waals surface area contributed by atoms with Gasteiger partial charge in [-0.1, -0.05) is 30.3 Å². The van der Waals surface area contributed by atoms with Gasteiger partial charge >= 0.3 is 6.03 Å². The molecule has 3 aromatic rings. The Morgan fingerprint density at radius 2 is 2.00 bits per heavy atom. The number of aryl methyl sites for hydroxylation is 1. The summed E-state index contributed by atoms with van der Waals surface area (Å²) in [6.07, 6.45) is 1.78. The number of amides is 2. The van der Waals surface area contributed by atoms with E-state index in [2.05, 4.69) is 27.9 Å². The topological polar surface area (TPSA) is 68.2 Å². The second-order valence-corrected chi connectivity index (χ2v) is 6.29. The van der Waals surface area contributed by atoms with Crippen molar-refractivity contribution in [3.63, 3.8) is 0 Å². The molecule has 0 fully saturated rings. The van der Waals surface area contributed by atoms with Crippen LogP contribution in [0.25, 0.3) is 10.8 Å². The summed E-state index contributed by atoms with van der Waals surface area (Å²) in [5.41, 5.74) is 2.05. The Labute approximate surface area is 153 Å². The molecule has 1 aromatic heterocycles. The summed E-state index contributed by atoms with van der Waals surface area (Å²) in [5, 5.41) is 12.2. The van der Waals surface area contributed by atoms with Gasteiger partial charge in [-0.25, -0.2) is 4.79 Å². The van der Waals surface area contributed by atoms with Crippen molar-refractivity contribution >= 4 is 16.8 Å². The molecule has 0 aliphatic rings. The first-order valence-electron chi connectivity index (χ1n) is 8.69. The minimum Gasteiger partial charge on any atom is -0.492 e. The minimum atomic E-state index is -0.220. The molecular weight excluding hydrogens is 328 g/mol. The minimum absolute atomic E-state index is 0.106. The highest BCUT2D eigenvalue weighted by molar-refractivity contribution is 5.83. The smallest absolute Gasteiger partial charge is 0.315 e. The normalized spacial score (nSPS) is 12.0. The number of carbonyl (C=O) groups excluding carboxylic acids is 1. The van der Waals surface area contributed by atoms with Gasteiger partial charge in [0.05, 0.1) is 18.8 Å². The van der Waals surface area contributed by atoms with E-state index in [0.29, 0.717) is 13.2 Å². The lowest BCUT2D eigenvalue weighted by Gasteiger charge is -2.15. The van der Waals surface area contributed by atoms with E-state index in [9.17, 15) is 4.79 Å². The quantitative estimate of drug-likeness (QED) is 0.669. The number of ether oxygens (including phenoxy) is 1. The third kappa shape index (κ3) is 4.14. The third-order valence-electron chi connectivity index (χ3n) is 4.46. The van der Waals surface area contributed by atoms with Gasteiger partial charge in [0.15, 0.2) is 0 Å². The standard InChI is InChI=1S/C20H24N4O2/c1-14(19-13-22-24(3)15(19)2)23-20(25)21-10-11-26-18-9-8-16-6-4-5-7-17(16)12-18/h4-9,12-14H,10-11H2,1-3H3,(H2,21,23,25)/t14-/m0/s1. The number of hydrogen-bond donors (Lipinski definition) is 2. The van der Waals surface area contributed by atoms with Gasteiger partial charge in [-0.05, 0) is 36.8 Å². The molecule has 1 heterocycles. The van der Waals surface area contributed by atoms with Gasteiger partial charge in [-0.15, -0.1) is 0 Å². The molecule has 0 aliphatic heterocycles. The Balaban J connectivity index is 1.44. The lowest BCUT2D eigenvalue weighted by Crippen LogP contribution is -2.39. The number of urea groups is 1. The third-order valence-corrected chi connectivity index (χ3v) is 4.46. The van der Waals surface area contributed by atoms with Crippen LogP contribution in [0.5, 0.6) is 5.75 Å². The van der Waals surface area contributed by atoms with Crippen molar-refractivity contribution in [3.8, 4) is 5.75 Å². The van der Waals surface area contributed by atoms with Crippen molar-refractivity contribution in [3.05, 3.63) is 59.9 Å². The summed E-state index contributed by atoms with van der Waals surface area (Å²) in [6, 6.07) is 13.8. The molecule has 0 saturated heterocycles. The number of aromatic nitrogens is 2. The van der Waals surface area contributed by atoms with E-state index in [4.69, 9.17) is 4.74 Å². The molecule has 2 N–H and O–H groups in total.